The number of rotatable bonds is 26. The van der Waals surface area contributed by atoms with E-state index in [9.17, 15) is 15.3 Å². The van der Waals surface area contributed by atoms with E-state index >= 15 is 0 Å². The molecule has 0 aromatic rings. The van der Waals surface area contributed by atoms with Gasteiger partial charge in [-0.1, -0.05) is 27.7 Å². The smallest absolute Gasteiger partial charge is 0.0677 e. The molecule has 290 valence electrons. The molecule has 0 bridgehead atoms. The minimum absolute atomic E-state index is 0.0115. The normalized spacial score (nSPS) is 17.0. The van der Waals surface area contributed by atoms with Gasteiger partial charge in [-0.2, -0.15) is 0 Å². The summed E-state index contributed by atoms with van der Waals surface area (Å²) in [5, 5.41) is 31.0. The molecular weight excluding hydrogens is 608 g/mol. The maximum atomic E-state index is 10.5. The number of aliphatic hydroxyl groups is 3. The standard InChI is InChI=1S/C40H82O8/c1-18-40(17,43)22-26-46-37(11,12)28-31(38(13,14)47-23-19-33(2,3)4)29-44-30-32(39(15,16)48-25-21-35(7,8)42)27-36(9,10)45-24-20-34(5,6)41/h31-32,41-43H,18-30H2,1-17H3. The summed E-state index contributed by atoms with van der Waals surface area (Å²) in [6.07, 6.45) is 4.71. The van der Waals surface area contributed by atoms with Crippen molar-refractivity contribution < 1.29 is 39.0 Å². The topological polar surface area (TPSA) is 107 Å². The molecule has 3 atom stereocenters. The molecule has 0 saturated heterocycles. The van der Waals surface area contributed by atoms with Crippen LogP contribution in [0.2, 0.25) is 0 Å². The maximum Gasteiger partial charge on any atom is 0.0677 e. The molecule has 0 aromatic heterocycles. The predicted molar refractivity (Wildman–Crippen MR) is 199 cm³/mol. The first-order valence-electron chi connectivity index (χ1n) is 18.6. The van der Waals surface area contributed by atoms with Crippen molar-refractivity contribution in [1.29, 1.82) is 0 Å². The summed E-state index contributed by atoms with van der Waals surface area (Å²) in [7, 11) is 0. The molecule has 0 aliphatic carbocycles. The Kier molecular flexibility index (Phi) is 18.8. The Hall–Kier alpha value is -0.320. The van der Waals surface area contributed by atoms with Gasteiger partial charge in [0, 0.05) is 18.4 Å². The van der Waals surface area contributed by atoms with E-state index in [-0.39, 0.29) is 17.3 Å². The fourth-order valence-corrected chi connectivity index (χ4v) is 5.39. The van der Waals surface area contributed by atoms with Crippen molar-refractivity contribution in [3.05, 3.63) is 0 Å². The first-order valence-corrected chi connectivity index (χ1v) is 18.6. The largest absolute Gasteiger partial charge is 0.390 e. The number of hydrogen-bond donors (Lipinski definition) is 3. The van der Waals surface area contributed by atoms with Crippen LogP contribution >= 0.6 is 0 Å². The highest BCUT2D eigenvalue weighted by molar-refractivity contribution is 4.89. The number of hydrogen-bond acceptors (Lipinski definition) is 8. The lowest BCUT2D eigenvalue weighted by Gasteiger charge is -2.42. The quantitative estimate of drug-likeness (QED) is 0.0830. The van der Waals surface area contributed by atoms with Gasteiger partial charge in [-0.3, -0.25) is 0 Å². The highest BCUT2D eigenvalue weighted by atomic mass is 16.5. The van der Waals surface area contributed by atoms with E-state index in [0.29, 0.717) is 71.7 Å². The second-order valence-electron chi connectivity index (χ2n) is 19.5. The van der Waals surface area contributed by atoms with Crippen molar-refractivity contribution in [2.24, 2.45) is 17.3 Å². The Morgan fingerprint density at radius 1 is 0.458 bits per heavy atom. The van der Waals surface area contributed by atoms with E-state index in [2.05, 4.69) is 76.2 Å². The van der Waals surface area contributed by atoms with E-state index in [1.807, 2.05) is 13.8 Å². The SMILES string of the molecule is CCC(C)(O)CCOC(C)(C)CC(COCC(CC(C)(C)OCCC(C)(C)O)C(C)(C)OCCC(C)(C)O)C(C)(C)OCCC(C)(C)C. The van der Waals surface area contributed by atoms with E-state index < -0.39 is 39.2 Å². The van der Waals surface area contributed by atoms with Crippen LogP contribution in [-0.4, -0.2) is 94.2 Å². The summed E-state index contributed by atoms with van der Waals surface area (Å²) >= 11 is 0. The Morgan fingerprint density at radius 3 is 1.12 bits per heavy atom. The van der Waals surface area contributed by atoms with Gasteiger partial charge in [0.1, 0.15) is 0 Å². The molecule has 0 aliphatic rings. The van der Waals surface area contributed by atoms with Crippen LogP contribution in [0.5, 0.6) is 0 Å². The summed E-state index contributed by atoms with van der Waals surface area (Å²) in [5.41, 5.74) is -4.10. The van der Waals surface area contributed by atoms with Crippen molar-refractivity contribution in [2.75, 3.05) is 39.6 Å². The van der Waals surface area contributed by atoms with Crippen LogP contribution in [0.25, 0.3) is 0 Å². The lowest BCUT2D eigenvalue weighted by atomic mass is 9.81. The van der Waals surface area contributed by atoms with Gasteiger partial charge < -0.3 is 39.0 Å². The van der Waals surface area contributed by atoms with Gasteiger partial charge in [0.05, 0.1) is 72.2 Å². The molecule has 0 rings (SSSR count). The Labute approximate surface area is 297 Å². The third-order valence-electron chi connectivity index (χ3n) is 9.70. The molecule has 0 fully saturated rings. The van der Waals surface area contributed by atoms with Gasteiger partial charge in [-0.25, -0.2) is 0 Å². The lowest BCUT2D eigenvalue weighted by molar-refractivity contribution is -0.146. The van der Waals surface area contributed by atoms with Gasteiger partial charge >= 0.3 is 0 Å². The second kappa shape index (κ2) is 19.0. The summed E-state index contributed by atoms with van der Waals surface area (Å²) < 4.78 is 32.4. The van der Waals surface area contributed by atoms with Gasteiger partial charge in [-0.05, 0) is 140 Å². The zero-order valence-corrected chi connectivity index (χ0v) is 34.7. The molecule has 0 spiro atoms. The monoisotopic (exact) mass is 691 g/mol. The zero-order valence-electron chi connectivity index (χ0n) is 34.7. The van der Waals surface area contributed by atoms with Crippen LogP contribution in [0.1, 0.15) is 163 Å². The summed E-state index contributed by atoms with van der Waals surface area (Å²) in [6.45, 7) is 37.6. The lowest BCUT2D eigenvalue weighted by Crippen LogP contribution is -2.45. The fraction of sp³-hybridized carbons (Fsp3) is 1.00. The van der Waals surface area contributed by atoms with Crippen LogP contribution in [-0.2, 0) is 23.7 Å². The molecule has 8 nitrogen and oxygen atoms in total. The van der Waals surface area contributed by atoms with E-state index in [1.54, 1.807) is 27.7 Å². The molecule has 0 aliphatic heterocycles. The van der Waals surface area contributed by atoms with Crippen molar-refractivity contribution in [1.82, 2.24) is 0 Å². The molecule has 0 radical (unpaired) electrons. The van der Waals surface area contributed by atoms with Crippen molar-refractivity contribution in [3.8, 4) is 0 Å². The van der Waals surface area contributed by atoms with Crippen molar-refractivity contribution >= 4 is 0 Å². The van der Waals surface area contributed by atoms with Crippen LogP contribution in [0, 0.1) is 17.3 Å². The molecule has 48 heavy (non-hydrogen) atoms. The van der Waals surface area contributed by atoms with Gasteiger partial charge in [0.25, 0.3) is 0 Å². The molecule has 0 amide bonds. The van der Waals surface area contributed by atoms with E-state index in [0.717, 1.165) is 12.8 Å². The molecule has 0 aromatic carbocycles. The summed E-state index contributed by atoms with van der Waals surface area (Å²) in [5.74, 6) is 0.0256. The summed E-state index contributed by atoms with van der Waals surface area (Å²) in [4.78, 5) is 0. The first kappa shape index (κ1) is 47.7. The third kappa shape index (κ3) is 23.2. The maximum absolute atomic E-state index is 10.5. The van der Waals surface area contributed by atoms with Crippen LogP contribution < -0.4 is 0 Å². The zero-order chi connectivity index (χ0) is 37.9. The van der Waals surface area contributed by atoms with Crippen molar-refractivity contribution in [3.63, 3.8) is 0 Å². The summed E-state index contributed by atoms with van der Waals surface area (Å²) in [6, 6.07) is 0. The van der Waals surface area contributed by atoms with Crippen LogP contribution in [0.15, 0.2) is 0 Å². The van der Waals surface area contributed by atoms with E-state index in [1.165, 1.54) is 0 Å². The van der Waals surface area contributed by atoms with Crippen LogP contribution in [0.4, 0.5) is 0 Å². The minimum atomic E-state index is -0.811. The molecule has 3 N–H and O–H groups in total. The Morgan fingerprint density at radius 2 is 0.792 bits per heavy atom. The van der Waals surface area contributed by atoms with Crippen molar-refractivity contribution in [2.45, 2.75) is 202 Å². The fourth-order valence-electron chi connectivity index (χ4n) is 5.39. The van der Waals surface area contributed by atoms with Crippen LogP contribution in [0.3, 0.4) is 0 Å². The minimum Gasteiger partial charge on any atom is -0.390 e. The molecule has 3 unspecified atom stereocenters. The average Bonchev–Trinajstić information content (AvgIpc) is 2.84. The van der Waals surface area contributed by atoms with Gasteiger partial charge in [0.2, 0.25) is 0 Å². The second-order valence-corrected chi connectivity index (χ2v) is 19.5. The molecular formula is C40H82O8. The molecule has 8 heteroatoms. The first-order chi connectivity index (χ1) is 21.3. The van der Waals surface area contributed by atoms with E-state index in [4.69, 9.17) is 23.7 Å². The van der Waals surface area contributed by atoms with Gasteiger partial charge in [-0.15, -0.1) is 0 Å². The molecule has 0 saturated carbocycles. The Balaban J connectivity index is 6.01. The Bertz CT molecular complexity index is 871. The average molecular weight is 691 g/mol. The highest BCUT2D eigenvalue weighted by Crippen LogP contribution is 2.36. The third-order valence-corrected chi connectivity index (χ3v) is 9.70. The van der Waals surface area contributed by atoms with Gasteiger partial charge in [0.15, 0.2) is 0 Å². The number of ether oxygens (including phenoxy) is 5. The highest BCUT2D eigenvalue weighted by Gasteiger charge is 2.39. The molecule has 0 heterocycles. The predicted octanol–water partition coefficient (Wildman–Crippen LogP) is 8.51.